The molecule has 0 saturated heterocycles. The van der Waals surface area contributed by atoms with Gasteiger partial charge in [-0.25, -0.2) is 0 Å². The van der Waals surface area contributed by atoms with E-state index in [4.69, 9.17) is 31.3 Å². The van der Waals surface area contributed by atoms with E-state index in [0.29, 0.717) is 41.1 Å². The monoisotopic (exact) mass is 451 g/mol. The summed E-state index contributed by atoms with van der Waals surface area (Å²) in [5.74, 6) is 1.66. The van der Waals surface area contributed by atoms with Crippen LogP contribution >= 0.6 is 11.6 Å². The number of fused-ring (bicyclic) bond motifs is 1. The number of benzene rings is 2. The Morgan fingerprint density at radius 2 is 1.84 bits per heavy atom. The average Bonchev–Trinajstić information content (AvgIpc) is 3.11. The number of carbonyl (C=O) groups is 1. The van der Waals surface area contributed by atoms with Gasteiger partial charge in [0.1, 0.15) is 30.5 Å². The van der Waals surface area contributed by atoms with Gasteiger partial charge in [0, 0.05) is 6.08 Å². The first kappa shape index (κ1) is 21.6. The Kier molecular flexibility index (Phi) is 6.01. The van der Waals surface area contributed by atoms with Gasteiger partial charge in [-0.2, -0.15) is 4.99 Å². The molecule has 164 valence electrons. The number of halogens is 1. The highest BCUT2D eigenvalue weighted by Gasteiger charge is 2.34. The number of nitrogens with one attached hydrogen (secondary N) is 1. The first-order valence-corrected chi connectivity index (χ1v) is 10.4. The molecule has 0 aliphatic carbocycles. The number of amidine groups is 2. The van der Waals surface area contributed by atoms with Crippen molar-refractivity contribution in [1.29, 1.82) is 5.41 Å². The lowest BCUT2D eigenvalue weighted by Crippen LogP contribution is -2.38. The van der Waals surface area contributed by atoms with E-state index >= 15 is 0 Å². The number of hydroxylamine groups is 2. The Morgan fingerprint density at radius 3 is 2.56 bits per heavy atom. The molecule has 2 aromatic carbocycles. The Hall–Kier alpha value is -3.58. The highest BCUT2D eigenvalue weighted by molar-refractivity contribution is 6.33. The lowest BCUT2D eigenvalue weighted by molar-refractivity contribution is -0.114. The fraction of sp³-hybridized carbons (Fsp3) is 0.208. The van der Waals surface area contributed by atoms with Crippen LogP contribution in [0.25, 0.3) is 6.08 Å². The van der Waals surface area contributed by atoms with Crippen molar-refractivity contribution < 1.29 is 19.1 Å². The van der Waals surface area contributed by atoms with Crippen molar-refractivity contribution in [2.75, 3.05) is 13.2 Å². The fourth-order valence-corrected chi connectivity index (χ4v) is 3.66. The van der Waals surface area contributed by atoms with E-state index in [1.54, 1.807) is 37.3 Å². The van der Waals surface area contributed by atoms with Crippen molar-refractivity contribution in [3.63, 3.8) is 0 Å². The maximum absolute atomic E-state index is 12.4. The molecule has 4 rings (SSSR count). The molecule has 7 nitrogen and oxygen atoms in total. The normalized spacial score (nSPS) is 16.5. The van der Waals surface area contributed by atoms with Gasteiger partial charge in [-0.05, 0) is 55.7 Å². The van der Waals surface area contributed by atoms with Crippen LogP contribution in [-0.2, 0) is 9.63 Å². The van der Waals surface area contributed by atoms with Gasteiger partial charge < -0.3 is 14.3 Å². The van der Waals surface area contributed by atoms with E-state index in [0.717, 1.165) is 16.9 Å². The maximum Gasteiger partial charge on any atom is 0.282 e. The van der Waals surface area contributed by atoms with E-state index in [1.807, 2.05) is 32.0 Å². The SMILES string of the molecule is CC1=CC2=NC(=O)/C(=C/c3ccc(OCCOc4c(C)cccc4C)c(Cl)c3)C(=N)N2O1. The number of rotatable bonds is 6. The van der Waals surface area contributed by atoms with Crippen LogP contribution in [0, 0.1) is 19.3 Å². The zero-order chi connectivity index (χ0) is 22.8. The predicted octanol–water partition coefficient (Wildman–Crippen LogP) is 4.87. The molecule has 0 bridgehead atoms. The number of nitrogens with zero attached hydrogens (tertiary/aromatic N) is 2. The predicted molar refractivity (Wildman–Crippen MR) is 123 cm³/mol. The van der Waals surface area contributed by atoms with Crippen LogP contribution in [0.4, 0.5) is 0 Å². The average molecular weight is 452 g/mol. The highest BCUT2D eigenvalue weighted by Crippen LogP contribution is 2.29. The third kappa shape index (κ3) is 4.38. The van der Waals surface area contributed by atoms with Crippen molar-refractivity contribution in [1.82, 2.24) is 5.06 Å². The number of para-hydroxylation sites is 1. The summed E-state index contributed by atoms with van der Waals surface area (Å²) in [6, 6.07) is 11.2. The van der Waals surface area contributed by atoms with Gasteiger partial charge in [0.05, 0.1) is 10.6 Å². The van der Waals surface area contributed by atoms with Crippen molar-refractivity contribution in [2.45, 2.75) is 20.8 Å². The molecule has 2 aliphatic rings. The van der Waals surface area contributed by atoms with Crippen LogP contribution in [0.5, 0.6) is 11.5 Å². The Morgan fingerprint density at radius 1 is 1.12 bits per heavy atom. The van der Waals surface area contributed by atoms with Gasteiger partial charge in [0.25, 0.3) is 5.91 Å². The molecule has 0 unspecified atom stereocenters. The molecule has 32 heavy (non-hydrogen) atoms. The Balaban J connectivity index is 1.40. The van der Waals surface area contributed by atoms with Gasteiger partial charge in [0.2, 0.25) is 0 Å². The topological polar surface area (TPSA) is 84.2 Å². The summed E-state index contributed by atoms with van der Waals surface area (Å²) in [6.07, 6.45) is 3.16. The second kappa shape index (κ2) is 8.88. The first-order chi connectivity index (χ1) is 15.3. The molecule has 0 radical (unpaired) electrons. The van der Waals surface area contributed by atoms with Crippen LogP contribution in [0.1, 0.15) is 23.6 Å². The second-order valence-corrected chi connectivity index (χ2v) is 7.84. The second-order valence-electron chi connectivity index (χ2n) is 7.43. The molecular formula is C24H22ClN3O4. The Bertz CT molecular complexity index is 1180. The van der Waals surface area contributed by atoms with Crippen LogP contribution in [-0.4, -0.2) is 35.9 Å². The fourth-order valence-electron chi connectivity index (χ4n) is 3.41. The summed E-state index contributed by atoms with van der Waals surface area (Å²) in [5, 5.41) is 9.89. The Labute approximate surface area is 191 Å². The highest BCUT2D eigenvalue weighted by atomic mass is 35.5. The van der Waals surface area contributed by atoms with E-state index < -0.39 is 5.91 Å². The number of allylic oxidation sites excluding steroid dienone is 1. The summed E-state index contributed by atoms with van der Waals surface area (Å²) in [7, 11) is 0. The minimum absolute atomic E-state index is 0.0757. The zero-order valence-corrected chi connectivity index (χ0v) is 18.7. The zero-order valence-electron chi connectivity index (χ0n) is 17.9. The molecule has 0 fully saturated rings. The number of hydrogen-bond donors (Lipinski definition) is 1. The number of amides is 1. The molecule has 0 aromatic heterocycles. The molecule has 1 amide bonds. The van der Waals surface area contributed by atoms with Gasteiger partial charge in [0.15, 0.2) is 11.7 Å². The van der Waals surface area contributed by atoms with Gasteiger partial charge >= 0.3 is 0 Å². The number of carbonyl (C=O) groups excluding carboxylic acids is 1. The lowest BCUT2D eigenvalue weighted by atomic mass is 10.1. The van der Waals surface area contributed by atoms with Crippen molar-refractivity contribution in [3.05, 3.63) is 75.5 Å². The number of aliphatic imine (C=N–C) groups is 1. The van der Waals surface area contributed by atoms with E-state index in [2.05, 4.69) is 4.99 Å². The molecular weight excluding hydrogens is 430 g/mol. The summed E-state index contributed by atoms with van der Waals surface area (Å²) in [6.45, 7) is 6.44. The van der Waals surface area contributed by atoms with Gasteiger partial charge in [-0.15, -0.1) is 5.06 Å². The number of aryl methyl sites for hydroxylation is 2. The van der Waals surface area contributed by atoms with E-state index in [-0.39, 0.29) is 11.4 Å². The van der Waals surface area contributed by atoms with Crippen molar-refractivity contribution in [3.8, 4) is 11.5 Å². The van der Waals surface area contributed by atoms with Crippen LogP contribution in [0.2, 0.25) is 5.02 Å². The molecule has 2 heterocycles. The molecule has 8 heteroatoms. The smallest absolute Gasteiger partial charge is 0.282 e. The van der Waals surface area contributed by atoms with Gasteiger partial charge in [-0.1, -0.05) is 35.9 Å². The molecule has 0 spiro atoms. The minimum Gasteiger partial charge on any atom is -0.489 e. The molecule has 2 aromatic rings. The quantitative estimate of drug-likeness (QED) is 0.500. The standard InChI is InChI=1S/C24H22ClN3O4/c1-14-5-4-6-15(2)22(14)31-10-9-30-20-8-7-17(13-19(20)25)12-18-23(26)28-21(27-24(18)29)11-16(3)32-28/h4-8,11-13,26H,9-10H2,1-3H3/b18-12+,26-23?. The lowest BCUT2D eigenvalue weighted by Gasteiger charge is -2.23. The van der Waals surface area contributed by atoms with Crippen LogP contribution in [0.15, 0.2) is 58.8 Å². The first-order valence-electron chi connectivity index (χ1n) is 10.0. The number of hydrogen-bond acceptors (Lipinski definition) is 5. The summed E-state index contributed by atoms with van der Waals surface area (Å²) >= 11 is 6.37. The van der Waals surface area contributed by atoms with Gasteiger partial charge in [-0.3, -0.25) is 10.2 Å². The largest absolute Gasteiger partial charge is 0.489 e. The molecule has 2 aliphatic heterocycles. The summed E-state index contributed by atoms with van der Waals surface area (Å²) < 4.78 is 11.6. The summed E-state index contributed by atoms with van der Waals surface area (Å²) in [5.41, 5.74) is 2.91. The van der Waals surface area contributed by atoms with E-state index in [1.165, 1.54) is 5.06 Å². The third-order valence-electron chi connectivity index (χ3n) is 4.94. The molecule has 0 atom stereocenters. The van der Waals surface area contributed by atoms with Crippen molar-refractivity contribution in [2.24, 2.45) is 4.99 Å². The van der Waals surface area contributed by atoms with Crippen LogP contribution in [0.3, 0.4) is 0 Å². The minimum atomic E-state index is -0.504. The molecule has 0 saturated carbocycles. The number of ether oxygens (including phenoxy) is 2. The summed E-state index contributed by atoms with van der Waals surface area (Å²) in [4.78, 5) is 21.8. The molecule has 1 N–H and O–H groups in total. The van der Waals surface area contributed by atoms with E-state index in [9.17, 15) is 4.79 Å². The third-order valence-corrected chi connectivity index (χ3v) is 5.24. The van der Waals surface area contributed by atoms with Crippen LogP contribution < -0.4 is 9.47 Å². The van der Waals surface area contributed by atoms with Crippen molar-refractivity contribution >= 4 is 35.3 Å². The maximum atomic E-state index is 12.4.